The maximum Gasteiger partial charge on any atom is 0.200 e. The number of ether oxygens (including phenoxy) is 2. The molecule has 0 aliphatic heterocycles. The van der Waals surface area contributed by atoms with E-state index < -0.39 is 0 Å². The van der Waals surface area contributed by atoms with Crippen LogP contribution in [0.5, 0.6) is 11.5 Å². The van der Waals surface area contributed by atoms with E-state index in [9.17, 15) is 9.18 Å². The molecule has 2 aromatic carbocycles. The maximum absolute atomic E-state index is 12.9. The summed E-state index contributed by atoms with van der Waals surface area (Å²) < 4.78 is 24.1. The van der Waals surface area contributed by atoms with E-state index in [1.807, 2.05) is 6.92 Å². The van der Waals surface area contributed by atoms with E-state index in [4.69, 9.17) is 9.47 Å². The molecular weight excluding hydrogens is 339 g/mol. The fourth-order valence-corrected chi connectivity index (χ4v) is 2.19. The Morgan fingerprint density at radius 3 is 2.48 bits per heavy atom. The van der Waals surface area contributed by atoms with Crippen molar-refractivity contribution in [2.24, 2.45) is 0 Å². The van der Waals surface area contributed by atoms with Gasteiger partial charge in [0.15, 0.2) is 12.4 Å². The van der Waals surface area contributed by atoms with Gasteiger partial charge in [-0.15, -0.1) is 0 Å². The number of Topliss-reactive ketones (excluding diaryl/α,β-unsaturated/α-hetero) is 1. The van der Waals surface area contributed by atoms with Crippen LogP contribution in [-0.4, -0.2) is 19.0 Å². The number of benzene rings is 2. The van der Waals surface area contributed by atoms with Crippen LogP contribution >= 0.6 is 15.9 Å². The van der Waals surface area contributed by atoms with Crippen molar-refractivity contribution < 1.29 is 18.7 Å². The summed E-state index contributed by atoms with van der Waals surface area (Å²) in [7, 11) is 0. The van der Waals surface area contributed by atoms with Gasteiger partial charge in [0.2, 0.25) is 0 Å². The van der Waals surface area contributed by atoms with Gasteiger partial charge in [0.1, 0.15) is 17.3 Å². The molecule has 0 spiro atoms. The van der Waals surface area contributed by atoms with Crippen molar-refractivity contribution in [3.63, 3.8) is 0 Å². The van der Waals surface area contributed by atoms with Gasteiger partial charge < -0.3 is 9.47 Å². The van der Waals surface area contributed by atoms with Crippen molar-refractivity contribution >= 4 is 21.7 Å². The Bertz CT molecular complexity index is 626. The van der Waals surface area contributed by atoms with Gasteiger partial charge in [0, 0.05) is 5.56 Å². The molecule has 110 valence electrons. The molecule has 0 saturated heterocycles. The Morgan fingerprint density at radius 1 is 1.14 bits per heavy atom. The van der Waals surface area contributed by atoms with Crippen molar-refractivity contribution in [2.75, 3.05) is 13.2 Å². The molecule has 3 nitrogen and oxygen atoms in total. The van der Waals surface area contributed by atoms with Gasteiger partial charge in [-0.3, -0.25) is 4.79 Å². The molecule has 5 heteroatoms. The molecule has 21 heavy (non-hydrogen) atoms. The third-order valence-electron chi connectivity index (χ3n) is 2.74. The summed E-state index contributed by atoms with van der Waals surface area (Å²) in [5, 5.41) is 0. The number of ketones is 1. The van der Waals surface area contributed by atoms with Gasteiger partial charge in [-0.2, -0.15) is 0 Å². The van der Waals surface area contributed by atoms with E-state index >= 15 is 0 Å². The lowest BCUT2D eigenvalue weighted by Crippen LogP contribution is -2.11. The fourth-order valence-electron chi connectivity index (χ4n) is 1.72. The Labute approximate surface area is 130 Å². The van der Waals surface area contributed by atoms with E-state index in [1.54, 1.807) is 24.3 Å². The first-order chi connectivity index (χ1) is 10.1. The molecule has 0 amide bonds. The van der Waals surface area contributed by atoms with Gasteiger partial charge in [0.05, 0.1) is 11.1 Å². The van der Waals surface area contributed by atoms with Crippen molar-refractivity contribution in [1.82, 2.24) is 0 Å². The van der Waals surface area contributed by atoms with Crippen LogP contribution in [0.1, 0.15) is 17.3 Å². The number of halogens is 2. The second-order valence-electron chi connectivity index (χ2n) is 4.24. The van der Waals surface area contributed by atoms with Crippen LogP contribution in [0.15, 0.2) is 46.9 Å². The third-order valence-corrected chi connectivity index (χ3v) is 3.36. The van der Waals surface area contributed by atoms with Crippen molar-refractivity contribution in [1.29, 1.82) is 0 Å². The second kappa shape index (κ2) is 7.22. The van der Waals surface area contributed by atoms with Gasteiger partial charge in [-0.25, -0.2) is 4.39 Å². The summed E-state index contributed by atoms with van der Waals surface area (Å²) in [5.74, 6) is 0.619. The molecule has 0 saturated carbocycles. The quantitative estimate of drug-likeness (QED) is 0.729. The predicted octanol–water partition coefficient (Wildman–Crippen LogP) is 4.25. The van der Waals surface area contributed by atoms with Crippen LogP contribution in [0, 0.1) is 5.82 Å². The van der Waals surface area contributed by atoms with Crippen molar-refractivity contribution in [3.8, 4) is 11.5 Å². The minimum absolute atomic E-state index is 0.113. The van der Waals surface area contributed by atoms with E-state index in [0.29, 0.717) is 22.4 Å². The Kier molecular flexibility index (Phi) is 5.33. The monoisotopic (exact) mass is 352 g/mol. The summed E-state index contributed by atoms with van der Waals surface area (Å²) in [6.45, 7) is 2.36. The number of carbonyl (C=O) groups excluding carboxylic acids is 1. The van der Waals surface area contributed by atoms with Crippen molar-refractivity contribution in [3.05, 3.63) is 58.3 Å². The molecule has 0 bridgehead atoms. The first-order valence-electron chi connectivity index (χ1n) is 6.44. The first-order valence-corrected chi connectivity index (χ1v) is 7.23. The van der Waals surface area contributed by atoms with Crippen molar-refractivity contribution in [2.45, 2.75) is 6.92 Å². The smallest absolute Gasteiger partial charge is 0.200 e. The van der Waals surface area contributed by atoms with E-state index in [1.165, 1.54) is 18.2 Å². The number of rotatable bonds is 6. The maximum atomic E-state index is 12.9. The molecule has 0 fully saturated rings. The van der Waals surface area contributed by atoms with Crippen LogP contribution < -0.4 is 9.47 Å². The van der Waals surface area contributed by atoms with E-state index in [-0.39, 0.29) is 18.2 Å². The predicted molar refractivity (Wildman–Crippen MR) is 81.5 cm³/mol. The number of hydrogen-bond donors (Lipinski definition) is 0. The highest BCUT2D eigenvalue weighted by Gasteiger charge is 2.09. The second-order valence-corrected chi connectivity index (χ2v) is 5.10. The highest BCUT2D eigenvalue weighted by atomic mass is 79.9. The summed E-state index contributed by atoms with van der Waals surface area (Å²) in [6.07, 6.45) is 0. The molecule has 0 N–H and O–H groups in total. The molecule has 0 heterocycles. The zero-order valence-corrected chi connectivity index (χ0v) is 13.0. The van der Waals surface area contributed by atoms with E-state index in [0.717, 1.165) is 5.75 Å². The number of carbonyl (C=O) groups is 1. The zero-order valence-electron chi connectivity index (χ0n) is 11.4. The summed E-state index contributed by atoms with van der Waals surface area (Å²) in [5.41, 5.74) is 0.539. The molecule has 0 unspecified atom stereocenters. The van der Waals surface area contributed by atoms with Gasteiger partial charge >= 0.3 is 0 Å². The van der Waals surface area contributed by atoms with Gasteiger partial charge in [-0.1, -0.05) is 0 Å². The topological polar surface area (TPSA) is 35.5 Å². The minimum atomic E-state index is -0.368. The fraction of sp³-hybridized carbons (Fsp3) is 0.188. The molecule has 2 aromatic rings. The lowest BCUT2D eigenvalue weighted by Gasteiger charge is -2.08. The molecule has 2 rings (SSSR count). The molecule has 0 aliphatic rings. The highest BCUT2D eigenvalue weighted by molar-refractivity contribution is 9.10. The molecular formula is C16H14BrFO3. The normalized spacial score (nSPS) is 10.2. The summed E-state index contributed by atoms with van der Waals surface area (Å²) >= 11 is 3.19. The van der Waals surface area contributed by atoms with Crippen LogP contribution in [0.3, 0.4) is 0 Å². The van der Waals surface area contributed by atoms with Gasteiger partial charge in [0.25, 0.3) is 0 Å². The Balaban J connectivity index is 1.98. The Morgan fingerprint density at radius 2 is 1.86 bits per heavy atom. The summed E-state index contributed by atoms with van der Waals surface area (Å²) in [4.78, 5) is 12.0. The lowest BCUT2D eigenvalue weighted by molar-refractivity contribution is 0.0921. The molecule has 0 aromatic heterocycles. The molecule has 0 atom stereocenters. The highest BCUT2D eigenvalue weighted by Crippen LogP contribution is 2.25. The van der Waals surface area contributed by atoms with Crippen LogP contribution in [0.4, 0.5) is 4.39 Å². The lowest BCUT2D eigenvalue weighted by atomic mass is 10.1. The first kappa shape index (κ1) is 15.5. The zero-order chi connectivity index (χ0) is 15.2. The third kappa shape index (κ3) is 4.29. The van der Waals surface area contributed by atoms with E-state index in [2.05, 4.69) is 15.9 Å². The molecule has 0 aliphatic carbocycles. The van der Waals surface area contributed by atoms with Gasteiger partial charge in [-0.05, 0) is 65.3 Å². The largest absolute Gasteiger partial charge is 0.494 e. The van der Waals surface area contributed by atoms with Crippen LogP contribution in [-0.2, 0) is 0 Å². The number of hydrogen-bond acceptors (Lipinski definition) is 3. The average molecular weight is 353 g/mol. The van der Waals surface area contributed by atoms with Crippen LogP contribution in [0.2, 0.25) is 0 Å². The molecule has 0 radical (unpaired) electrons. The Hall–Kier alpha value is -1.88. The SMILES string of the molecule is CCOc1ccc(C(=O)COc2ccc(F)cc2Br)cc1. The minimum Gasteiger partial charge on any atom is -0.494 e. The van der Waals surface area contributed by atoms with Crippen LogP contribution in [0.25, 0.3) is 0 Å². The average Bonchev–Trinajstić information content (AvgIpc) is 2.47. The summed E-state index contributed by atoms with van der Waals surface area (Å²) in [6, 6.07) is 10.9. The standard InChI is InChI=1S/C16H14BrFO3/c1-2-20-13-6-3-11(4-7-13)15(19)10-21-16-8-5-12(18)9-14(16)17/h3-9H,2,10H2,1H3.